The van der Waals surface area contributed by atoms with Crippen molar-refractivity contribution in [3.63, 3.8) is 0 Å². The van der Waals surface area contributed by atoms with Crippen LogP contribution in [-0.4, -0.2) is 61.8 Å². The molecule has 0 N–H and O–H groups in total. The van der Waals surface area contributed by atoms with Crippen LogP contribution in [0.1, 0.15) is 65.9 Å². The van der Waals surface area contributed by atoms with Crippen molar-refractivity contribution < 1.29 is 14.0 Å². The van der Waals surface area contributed by atoms with E-state index >= 15 is 0 Å². The Kier molecular flexibility index (Phi) is 5.69. The topological polar surface area (TPSA) is 84.5 Å². The van der Waals surface area contributed by atoms with Crippen LogP contribution in [0, 0.1) is 5.92 Å². The Balaban J connectivity index is 1.36. The lowest BCUT2D eigenvalue weighted by Gasteiger charge is -2.37. The molecule has 2 aliphatic heterocycles. The quantitative estimate of drug-likeness (QED) is 0.771. The Labute approximate surface area is 170 Å². The molecule has 8 nitrogen and oxygen atoms in total. The van der Waals surface area contributed by atoms with Crippen molar-refractivity contribution in [1.82, 2.24) is 24.3 Å². The fourth-order valence-corrected chi connectivity index (χ4v) is 4.59. The summed E-state index contributed by atoms with van der Waals surface area (Å²) in [6, 6.07) is 0.241. The molecule has 2 fully saturated rings. The Morgan fingerprint density at radius 3 is 2.62 bits per heavy atom. The van der Waals surface area contributed by atoms with Crippen LogP contribution in [0.5, 0.6) is 0 Å². The van der Waals surface area contributed by atoms with Gasteiger partial charge in [0.25, 0.3) is 11.8 Å². The summed E-state index contributed by atoms with van der Waals surface area (Å²) in [7, 11) is 1.87. The predicted molar refractivity (Wildman–Crippen MR) is 106 cm³/mol. The van der Waals surface area contributed by atoms with Gasteiger partial charge in [0, 0.05) is 45.3 Å². The maximum Gasteiger partial charge on any atom is 0.275 e. The second-order valence-corrected chi connectivity index (χ2v) is 8.14. The highest BCUT2D eigenvalue weighted by molar-refractivity contribution is 5.93. The fourth-order valence-electron chi connectivity index (χ4n) is 4.59. The summed E-state index contributed by atoms with van der Waals surface area (Å²) in [5.74, 6) is 1.02. The van der Waals surface area contributed by atoms with Gasteiger partial charge in [-0.2, -0.15) is 0 Å². The number of rotatable bonds is 5. The van der Waals surface area contributed by atoms with Gasteiger partial charge in [-0.05, 0) is 38.0 Å². The first-order chi connectivity index (χ1) is 14.1. The van der Waals surface area contributed by atoms with Gasteiger partial charge in [-0.3, -0.25) is 9.59 Å². The van der Waals surface area contributed by atoms with E-state index in [1.807, 2.05) is 16.8 Å². The number of imidazole rings is 1. The van der Waals surface area contributed by atoms with Gasteiger partial charge >= 0.3 is 0 Å². The van der Waals surface area contributed by atoms with Crippen molar-refractivity contribution in [2.45, 2.75) is 51.5 Å². The van der Waals surface area contributed by atoms with E-state index < -0.39 is 0 Å². The molecular weight excluding hydrogens is 370 g/mol. The molecule has 156 valence electrons. The molecule has 1 atom stereocenters. The molecule has 0 spiro atoms. The van der Waals surface area contributed by atoms with E-state index in [0.29, 0.717) is 36.3 Å². The van der Waals surface area contributed by atoms with Gasteiger partial charge < -0.3 is 18.8 Å². The van der Waals surface area contributed by atoms with Gasteiger partial charge in [-0.1, -0.05) is 6.92 Å². The SMILES string of the molecule is CCCc1nc(C(=O)N2CCC(C3CCCN3C(=O)c3cn(C)cn3)CC2)co1. The summed E-state index contributed by atoms with van der Waals surface area (Å²) < 4.78 is 7.20. The number of hydrogen-bond acceptors (Lipinski definition) is 5. The number of aryl methyl sites for hydroxylation is 2. The van der Waals surface area contributed by atoms with Crippen LogP contribution in [0.2, 0.25) is 0 Å². The first-order valence-electron chi connectivity index (χ1n) is 10.6. The van der Waals surface area contributed by atoms with Gasteiger partial charge in [-0.25, -0.2) is 9.97 Å². The zero-order valence-electron chi connectivity index (χ0n) is 17.2. The van der Waals surface area contributed by atoms with Crippen molar-refractivity contribution in [3.05, 3.63) is 36.1 Å². The summed E-state index contributed by atoms with van der Waals surface area (Å²) in [6.07, 6.45) is 10.5. The van der Waals surface area contributed by atoms with E-state index in [1.165, 1.54) is 6.26 Å². The highest BCUT2D eigenvalue weighted by atomic mass is 16.3. The smallest absolute Gasteiger partial charge is 0.275 e. The van der Waals surface area contributed by atoms with E-state index in [0.717, 1.165) is 45.1 Å². The molecule has 2 saturated heterocycles. The summed E-state index contributed by atoms with van der Waals surface area (Å²) in [5.41, 5.74) is 0.917. The minimum Gasteiger partial charge on any atom is -0.448 e. The van der Waals surface area contributed by atoms with Crippen molar-refractivity contribution in [2.75, 3.05) is 19.6 Å². The Bertz CT molecular complexity index is 865. The number of nitrogens with zero attached hydrogens (tertiary/aromatic N) is 5. The fraction of sp³-hybridized carbons (Fsp3) is 0.619. The molecule has 2 aliphatic rings. The number of carbonyl (C=O) groups excluding carboxylic acids is 2. The van der Waals surface area contributed by atoms with Crippen molar-refractivity contribution in [2.24, 2.45) is 13.0 Å². The summed E-state index contributed by atoms with van der Waals surface area (Å²) in [4.78, 5) is 38.0. The Hall–Kier alpha value is -2.64. The predicted octanol–water partition coefficient (Wildman–Crippen LogP) is 2.52. The average Bonchev–Trinajstić information content (AvgIpc) is 3.48. The average molecular weight is 399 g/mol. The third kappa shape index (κ3) is 4.06. The molecule has 2 aromatic rings. The van der Waals surface area contributed by atoms with Crippen LogP contribution >= 0.6 is 0 Å². The number of likely N-dealkylation sites (tertiary alicyclic amines) is 2. The van der Waals surface area contributed by atoms with Crippen LogP contribution < -0.4 is 0 Å². The lowest BCUT2D eigenvalue weighted by molar-refractivity contribution is 0.0540. The first-order valence-corrected chi connectivity index (χ1v) is 10.6. The lowest BCUT2D eigenvalue weighted by atomic mass is 9.87. The van der Waals surface area contributed by atoms with Crippen LogP contribution in [0.3, 0.4) is 0 Å². The highest BCUT2D eigenvalue weighted by Crippen LogP contribution is 2.32. The molecule has 29 heavy (non-hydrogen) atoms. The molecule has 2 aromatic heterocycles. The number of carbonyl (C=O) groups is 2. The lowest BCUT2D eigenvalue weighted by Crippen LogP contribution is -2.46. The third-order valence-corrected chi connectivity index (χ3v) is 6.09. The van der Waals surface area contributed by atoms with E-state index in [1.54, 1.807) is 17.1 Å². The van der Waals surface area contributed by atoms with Gasteiger partial charge in [0.15, 0.2) is 11.6 Å². The van der Waals surface area contributed by atoms with Crippen molar-refractivity contribution in [3.8, 4) is 0 Å². The van der Waals surface area contributed by atoms with Crippen LogP contribution in [0.25, 0.3) is 0 Å². The maximum absolute atomic E-state index is 12.9. The normalized spacial score (nSPS) is 20.4. The minimum absolute atomic E-state index is 0.0256. The van der Waals surface area contributed by atoms with E-state index in [2.05, 4.69) is 16.9 Å². The van der Waals surface area contributed by atoms with Crippen LogP contribution in [0.4, 0.5) is 0 Å². The number of amides is 2. The standard InChI is InChI=1S/C21H29N5O3/c1-3-5-19-23-17(13-29-19)20(27)25-10-7-15(8-11-25)18-6-4-9-26(18)21(28)16-12-24(2)14-22-16/h12-15,18H,3-11H2,1-2H3. The largest absolute Gasteiger partial charge is 0.448 e. The molecular formula is C21H29N5O3. The van der Waals surface area contributed by atoms with E-state index in [-0.39, 0.29) is 17.9 Å². The summed E-state index contributed by atoms with van der Waals surface area (Å²) in [5, 5.41) is 0. The Morgan fingerprint density at radius 2 is 1.93 bits per heavy atom. The molecule has 0 radical (unpaired) electrons. The van der Waals surface area contributed by atoms with Gasteiger partial charge in [0.2, 0.25) is 0 Å². The second kappa shape index (κ2) is 8.39. The summed E-state index contributed by atoms with van der Waals surface area (Å²) >= 11 is 0. The minimum atomic E-state index is -0.0533. The molecule has 1 unspecified atom stereocenters. The van der Waals surface area contributed by atoms with Gasteiger partial charge in [0.05, 0.1) is 6.33 Å². The zero-order chi connectivity index (χ0) is 20.4. The highest BCUT2D eigenvalue weighted by Gasteiger charge is 2.38. The molecule has 0 bridgehead atoms. The molecule has 0 saturated carbocycles. The number of piperidine rings is 1. The van der Waals surface area contributed by atoms with Crippen molar-refractivity contribution in [1.29, 1.82) is 0 Å². The monoisotopic (exact) mass is 399 g/mol. The van der Waals surface area contributed by atoms with E-state index in [4.69, 9.17) is 4.42 Å². The molecule has 8 heteroatoms. The number of hydrogen-bond donors (Lipinski definition) is 0. The molecule has 0 aromatic carbocycles. The summed E-state index contributed by atoms with van der Waals surface area (Å²) in [6.45, 7) is 4.24. The molecule has 4 heterocycles. The van der Waals surface area contributed by atoms with Crippen LogP contribution in [-0.2, 0) is 13.5 Å². The van der Waals surface area contributed by atoms with Gasteiger partial charge in [-0.15, -0.1) is 0 Å². The van der Waals surface area contributed by atoms with Crippen LogP contribution in [0.15, 0.2) is 23.2 Å². The first kappa shape index (κ1) is 19.7. The molecule has 2 amide bonds. The molecule has 0 aliphatic carbocycles. The number of oxazole rings is 1. The zero-order valence-corrected chi connectivity index (χ0v) is 17.2. The van der Waals surface area contributed by atoms with E-state index in [9.17, 15) is 9.59 Å². The van der Waals surface area contributed by atoms with Gasteiger partial charge in [0.1, 0.15) is 12.0 Å². The second-order valence-electron chi connectivity index (χ2n) is 8.14. The Morgan fingerprint density at radius 1 is 1.14 bits per heavy atom. The van der Waals surface area contributed by atoms with Crippen molar-refractivity contribution >= 4 is 11.8 Å². The number of aromatic nitrogens is 3. The third-order valence-electron chi connectivity index (χ3n) is 6.09. The maximum atomic E-state index is 12.9. The molecule has 4 rings (SSSR count).